The lowest BCUT2D eigenvalue weighted by atomic mass is 10.3. The van der Waals surface area contributed by atoms with Gasteiger partial charge >= 0.3 is 0 Å². The van der Waals surface area contributed by atoms with E-state index in [2.05, 4.69) is 38.2 Å². The van der Waals surface area contributed by atoms with Crippen molar-refractivity contribution in [2.75, 3.05) is 6.54 Å². The van der Waals surface area contributed by atoms with E-state index >= 15 is 0 Å². The average molecular weight is 223 g/mol. The van der Waals surface area contributed by atoms with Gasteiger partial charge in [0.15, 0.2) is 5.82 Å². The highest BCUT2D eigenvalue weighted by atomic mass is 32.1. The first-order valence-electron chi connectivity index (χ1n) is 4.80. The van der Waals surface area contributed by atoms with Crippen LogP contribution >= 0.6 is 11.3 Å². The van der Waals surface area contributed by atoms with Crippen molar-refractivity contribution in [3.05, 3.63) is 28.2 Å². The third kappa shape index (κ3) is 3.10. The van der Waals surface area contributed by atoms with Crippen LogP contribution in [0.15, 0.2) is 17.5 Å². The van der Waals surface area contributed by atoms with E-state index in [1.165, 1.54) is 9.67 Å². The van der Waals surface area contributed by atoms with Crippen LogP contribution in [0.1, 0.15) is 10.7 Å². The second-order valence-corrected chi connectivity index (χ2v) is 4.23. The van der Waals surface area contributed by atoms with Crippen molar-refractivity contribution in [2.24, 2.45) is 7.05 Å². The number of nitrogens with zero attached hydrogens (tertiary/aromatic N) is 4. The van der Waals surface area contributed by atoms with Gasteiger partial charge in [-0.05, 0) is 23.1 Å². The summed E-state index contributed by atoms with van der Waals surface area (Å²) in [4.78, 5) is 2.87. The van der Waals surface area contributed by atoms with Crippen LogP contribution in [-0.4, -0.2) is 26.8 Å². The lowest BCUT2D eigenvalue weighted by Crippen LogP contribution is -2.17. The van der Waals surface area contributed by atoms with Gasteiger partial charge in [-0.1, -0.05) is 6.07 Å². The Balaban J connectivity index is 1.67. The van der Waals surface area contributed by atoms with E-state index < -0.39 is 0 Å². The zero-order valence-corrected chi connectivity index (χ0v) is 9.37. The molecule has 0 aliphatic heterocycles. The molecule has 6 heteroatoms. The molecule has 0 aromatic carbocycles. The minimum atomic E-state index is 0.680. The zero-order valence-electron chi connectivity index (χ0n) is 8.55. The standard InChI is InChI=1S/C9H13N5S/c1-14-12-9(11-13-14)7-10-5-4-8-3-2-6-15-8/h2-3,6,10H,4-5,7H2,1H3. The fraction of sp³-hybridized carbons (Fsp3) is 0.444. The van der Waals surface area contributed by atoms with E-state index in [-0.39, 0.29) is 0 Å². The van der Waals surface area contributed by atoms with Crippen molar-refractivity contribution >= 4 is 11.3 Å². The number of nitrogens with one attached hydrogen (secondary N) is 1. The summed E-state index contributed by atoms with van der Waals surface area (Å²) in [6.07, 6.45) is 1.05. The number of thiophene rings is 1. The van der Waals surface area contributed by atoms with E-state index in [9.17, 15) is 0 Å². The summed E-state index contributed by atoms with van der Waals surface area (Å²) in [6.45, 7) is 1.62. The van der Waals surface area contributed by atoms with Gasteiger partial charge in [-0.25, -0.2) is 0 Å². The number of rotatable bonds is 5. The SMILES string of the molecule is Cn1nnc(CNCCc2cccs2)n1. The van der Waals surface area contributed by atoms with Crippen LogP contribution < -0.4 is 5.32 Å². The maximum atomic E-state index is 4.08. The molecule has 0 aliphatic carbocycles. The van der Waals surface area contributed by atoms with Crippen molar-refractivity contribution in [1.82, 2.24) is 25.5 Å². The van der Waals surface area contributed by atoms with Gasteiger partial charge in [0.25, 0.3) is 0 Å². The van der Waals surface area contributed by atoms with E-state index in [4.69, 9.17) is 0 Å². The molecule has 15 heavy (non-hydrogen) atoms. The van der Waals surface area contributed by atoms with Crippen LogP contribution in [0.25, 0.3) is 0 Å². The van der Waals surface area contributed by atoms with Gasteiger partial charge in [-0.2, -0.15) is 4.80 Å². The highest BCUT2D eigenvalue weighted by Crippen LogP contribution is 2.07. The van der Waals surface area contributed by atoms with E-state index in [0.717, 1.165) is 18.8 Å². The van der Waals surface area contributed by atoms with Crippen molar-refractivity contribution in [3.8, 4) is 0 Å². The molecule has 80 valence electrons. The molecule has 0 saturated carbocycles. The van der Waals surface area contributed by atoms with Gasteiger partial charge < -0.3 is 5.32 Å². The first kappa shape index (κ1) is 10.3. The smallest absolute Gasteiger partial charge is 0.188 e. The molecule has 5 nitrogen and oxygen atoms in total. The van der Waals surface area contributed by atoms with Crippen LogP contribution in [0.3, 0.4) is 0 Å². The molecule has 0 aliphatic rings. The maximum absolute atomic E-state index is 4.08. The molecule has 0 bridgehead atoms. The molecule has 0 fully saturated rings. The van der Waals surface area contributed by atoms with Crippen molar-refractivity contribution < 1.29 is 0 Å². The van der Waals surface area contributed by atoms with Gasteiger partial charge in [0.2, 0.25) is 0 Å². The van der Waals surface area contributed by atoms with Crippen LogP contribution in [0.4, 0.5) is 0 Å². The minimum Gasteiger partial charge on any atom is -0.309 e. The third-order valence-electron chi connectivity index (χ3n) is 1.96. The summed E-state index contributed by atoms with van der Waals surface area (Å²) in [6, 6.07) is 4.22. The summed E-state index contributed by atoms with van der Waals surface area (Å²) < 4.78 is 0. The molecule has 0 atom stereocenters. The molecule has 0 saturated heterocycles. The quantitative estimate of drug-likeness (QED) is 0.754. The third-order valence-corrected chi connectivity index (χ3v) is 2.90. The molecule has 0 radical (unpaired) electrons. The fourth-order valence-electron chi connectivity index (χ4n) is 1.26. The van der Waals surface area contributed by atoms with E-state index in [1.807, 2.05) is 0 Å². The molecular formula is C9H13N5S. The number of hydrogen-bond acceptors (Lipinski definition) is 5. The highest BCUT2D eigenvalue weighted by Gasteiger charge is 1.99. The van der Waals surface area contributed by atoms with Crippen molar-refractivity contribution in [1.29, 1.82) is 0 Å². The average Bonchev–Trinajstić information content (AvgIpc) is 2.84. The highest BCUT2D eigenvalue weighted by molar-refractivity contribution is 7.09. The van der Waals surface area contributed by atoms with Crippen LogP contribution in [0, 0.1) is 0 Å². The van der Waals surface area contributed by atoms with E-state index in [0.29, 0.717) is 6.54 Å². The Morgan fingerprint density at radius 3 is 3.13 bits per heavy atom. The summed E-state index contributed by atoms with van der Waals surface area (Å²) in [7, 11) is 1.77. The van der Waals surface area contributed by atoms with Gasteiger partial charge in [0, 0.05) is 11.4 Å². The number of tetrazole rings is 1. The summed E-state index contributed by atoms with van der Waals surface area (Å²) in [5.74, 6) is 0.740. The number of aromatic nitrogens is 4. The second kappa shape index (κ2) is 4.99. The Bertz CT molecular complexity index is 394. The van der Waals surface area contributed by atoms with Crippen LogP contribution in [-0.2, 0) is 20.0 Å². The molecule has 0 amide bonds. The summed E-state index contributed by atoms with van der Waals surface area (Å²) in [5.41, 5.74) is 0. The monoisotopic (exact) mass is 223 g/mol. The van der Waals surface area contributed by atoms with Gasteiger partial charge in [-0.3, -0.25) is 0 Å². The fourth-order valence-corrected chi connectivity index (χ4v) is 1.97. The Morgan fingerprint density at radius 2 is 2.47 bits per heavy atom. The Kier molecular flexibility index (Phi) is 3.41. The topological polar surface area (TPSA) is 55.6 Å². The van der Waals surface area contributed by atoms with Crippen molar-refractivity contribution in [3.63, 3.8) is 0 Å². The lowest BCUT2D eigenvalue weighted by molar-refractivity contribution is 0.619. The molecular weight excluding hydrogens is 210 g/mol. The number of aryl methyl sites for hydroxylation is 1. The first-order valence-corrected chi connectivity index (χ1v) is 5.68. The normalized spacial score (nSPS) is 10.7. The molecule has 1 N–H and O–H groups in total. The van der Waals surface area contributed by atoms with E-state index in [1.54, 1.807) is 18.4 Å². The van der Waals surface area contributed by atoms with Crippen molar-refractivity contribution in [2.45, 2.75) is 13.0 Å². The van der Waals surface area contributed by atoms with Gasteiger partial charge in [-0.15, -0.1) is 21.5 Å². The molecule has 2 aromatic rings. The maximum Gasteiger partial charge on any atom is 0.188 e. The summed E-state index contributed by atoms with van der Waals surface area (Å²) >= 11 is 1.79. The predicted octanol–water partition coefficient (Wildman–Crippen LogP) is 0.604. The largest absolute Gasteiger partial charge is 0.309 e. The molecule has 2 aromatic heterocycles. The lowest BCUT2D eigenvalue weighted by Gasteiger charge is -1.99. The number of hydrogen-bond donors (Lipinski definition) is 1. The predicted molar refractivity (Wildman–Crippen MR) is 58.5 cm³/mol. The van der Waals surface area contributed by atoms with Gasteiger partial charge in [0.1, 0.15) is 0 Å². The molecule has 2 rings (SSSR count). The Morgan fingerprint density at radius 1 is 1.53 bits per heavy atom. The molecule has 0 unspecified atom stereocenters. The Labute approximate surface area is 92.1 Å². The van der Waals surface area contributed by atoms with Crippen LogP contribution in [0.2, 0.25) is 0 Å². The van der Waals surface area contributed by atoms with Crippen LogP contribution in [0.5, 0.6) is 0 Å². The zero-order chi connectivity index (χ0) is 10.5. The molecule has 2 heterocycles. The second-order valence-electron chi connectivity index (χ2n) is 3.20. The first-order chi connectivity index (χ1) is 7.34. The Hall–Kier alpha value is -1.27. The minimum absolute atomic E-state index is 0.680. The van der Waals surface area contributed by atoms with Gasteiger partial charge in [0.05, 0.1) is 13.6 Å². The molecule has 0 spiro atoms. The summed E-state index contributed by atoms with van der Waals surface area (Å²) in [5, 5.41) is 17.1.